The van der Waals surface area contributed by atoms with Gasteiger partial charge in [-0.2, -0.15) is 0 Å². The molecule has 4 heteroatoms. The minimum Gasteiger partial charge on any atom is -0.390 e. The van der Waals surface area contributed by atoms with Crippen LogP contribution in [0.1, 0.15) is 43.0 Å². The van der Waals surface area contributed by atoms with Crippen LogP contribution in [-0.4, -0.2) is 41.0 Å². The minimum absolute atomic E-state index is 0.210. The Morgan fingerprint density at radius 3 is 2.50 bits per heavy atom. The fourth-order valence-corrected chi connectivity index (χ4v) is 2.77. The van der Waals surface area contributed by atoms with Crippen LogP contribution in [0.15, 0.2) is 28.7 Å². The van der Waals surface area contributed by atoms with Gasteiger partial charge in [0, 0.05) is 29.5 Å². The molecule has 1 saturated heterocycles. The second-order valence-corrected chi connectivity index (χ2v) is 6.79. The van der Waals surface area contributed by atoms with Crippen LogP contribution in [-0.2, 0) is 0 Å². The Bertz CT molecular complexity index is 446. The number of halogens is 1. The van der Waals surface area contributed by atoms with Crippen LogP contribution in [0.4, 0.5) is 0 Å². The zero-order valence-electron chi connectivity index (χ0n) is 11.9. The average molecular weight is 340 g/mol. The van der Waals surface area contributed by atoms with Gasteiger partial charge in [-0.15, -0.1) is 0 Å². The molecule has 1 aromatic carbocycles. The Balaban J connectivity index is 1.71. The van der Waals surface area contributed by atoms with Crippen LogP contribution >= 0.6 is 15.9 Å². The van der Waals surface area contributed by atoms with Gasteiger partial charge in [-0.25, -0.2) is 0 Å². The molecular formula is C16H22BrNO2. The normalized spacial score (nSPS) is 18.9. The molecule has 0 amide bonds. The summed E-state index contributed by atoms with van der Waals surface area (Å²) in [5.74, 6) is 0.210. The van der Waals surface area contributed by atoms with Crippen molar-refractivity contribution in [1.82, 2.24) is 4.90 Å². The van der Waals surface area contributed by atoms with Gasteiger partial charge in [-0.05, 0) is 44.9 Å². The van der Waals surface area contributed by atoms with Crippen LogP contribution < -0.4 is 0 Å². The topological polar surface area (TPSA) is 40.5 Å². The van der Waals surface area contributed by atoms with Crippen LogP contribution in [0.25, 0.3) is 0 Å². The molecule has 3 nitrogen and oxygen atoms in total. The van der Waals surface area contributed by atoms with E-state index in [9.17, 15) is 9.90 Å². The number of ketones is 1. The van der Waals surface area contributed by atoms with E-state index in [1.807, 2.05) is 31.2 Å². The lowest BCUT2D eigenvalue weighted by Crippen LogP contribution is -2.42. The summed E-state index contributed by atoms with van der Waals surface area (Å²) in [6, 6.07) is 7.54. The zero-order chi connectivity index (χ0) is 14.6. The van der Waals surface area contributed by atoms with Crippen molar-refractivity contribution in [2.24, 2.45) is 0 Å². The number of carbonyl (C=O) groups is 1. The summed E-state index contributed by atoms with van der Waals surface area (Å²) in [6.07, 6.45) is 3.13. The maximum absolute atomic E-state index is 12.0. The fraction of sp³-hybridized carbons (Fsp3) is 0.562. The van der Waals surface area contributed by atoms with E-state index in [0.717, 1.165) is 48.9 Å². The van der Waals surface area contributed by atoms with Crippen molar-refractivity contribution in [3.8, 4) is 0 Å². The molecule has 0 unspecified atom stereocenters. The quantitative estimate of drug-likeness (QED) is 0.837. The monoisotopic (exact) mass is 339 g/mol. The summed E-state index contributed by atoms with van der Waals surface area (Å²) in [7, 11) is 0. The molecule has 1 aromatic rings. The summed E-state index contributed by atoms with van der Waals surface area (Å²) in [5.41, 5.74) is 0.291. The van der Waals surface area contributed by atoms with Gasteiger partial charge in [-0.3, -0.25) is 4.79 Å². The Hall–Kier alpha value is -0.710. The lowest BCUT2D eigenvalue weighted by molar-refractivity contribution is -0.00550. The first-order valence-electron chi connectivity index (χ1n) is 7.20. The minimum atomic E-state index is -0.496. The maximum atomic E-state index is 12.0. The van der Waals surface area contributed by atoms with Crippen molar-refractivity contribution >= 4 is 21.7 Å². The van der Waals surface area contributed by atoms with Gasteiger partial charge in [0.15, 0.2) is 5.78 Å². The number of likely N-dealkylation sites (tertiary alicyclic amines) is 1. The van der Waals surface area contributed by atoms with E-state index in [2.05, 4.69) is 20.8 Å². The van der Waals surface area contributed by atoms with E-state index in [1.54, 1.807) is 0 Å². The molecule has 0 atom stereocenters. The fourth-order valence-electron chi connectivity index (χ4n) is 2.50. The van der Waals surface area contributed by atoms with Gasteiger partial charge in [0.2, 0.25) is 0 Å². The van der Waals surface area contributed by atoms with Crippen molar-refractivity contribution in [3.05, 3.63) is 34.3 Å². The number of piperidine rings is 1. The molecule has 1 aliphatic rings. The highest BCUT2D eigenvalue weighted by Crippen LogP contribution is 2.21. The molecule has 0 aromatic heterocycles. The van der Waals surface area contributed by atoms with E-state index in [-0.39, 0.29) is 5.78 Å². The van der Waals surface area contributed by atoms with Gasteiger partial charge < -0.3 is 10.0 Å². The highest BCUT2D eigenvalue weighted by molar-refractivity contribution is 9.10. The smallest absolute Gasteiger partial charge is 0.162 e. The van der Waals surface area contributed by atoms with Crippen LogP contribution in [0.5, 0.6) is 0 Å². The van der Waals surface area contributed by atoms with Gasteiger partial charge in [0.25, 0.3) is 0 Å². The number of benzene rings is 1. The summed E-state index contributed by atoms with van der Waals surface area (Å²) in [4.78, 5) is 14.4. The molecule has 0 bridgehead atoms. The number of carbonyl (C=O) groups excluding carboxylic acids is 1. The van der Waals surface area contributed by atoms with Crippen molar-refractivity contribution in [1.29, 1.82) is 0 Å². The first-order valence-corrected chi connectivity index (χ1v) is 7.99. The number of nitrogens with zero attached hydrogens (tertiary/aromatic N) is 1. The van der Waals surface area contributed by atoms with E-state index >= 15 is 0 Å². The number of hydrogen-bond acceptors (Lipinski definition) is 3. The van der Waals surface area contributed by atoms with Gasteiger partial charge >= 0.3 is 0 Å². The lowest BCUT2D eigenvalue weighted by Gasteiger charge is -2.35. The summed E-state index contributed by atoms with van der Waals surface area (Å²) < 4.78 is 0.995. The Labute approximate surface area is 129 Å². The Morgan fingerprint density at radius 1 is 1.30 bits per heavy atom. The standard InChI is InChI=1S/C16H22BrNO2/c1-16(20)8-11-18(12-9-16)10-2-3-15(19)13-4-6-14(17)7-5-13/h4-7,20H,2-3,8-12H2,1H3. The zero-order valence-corrected chi connectivity index (χ0v) is 13.5. The van der Waals surface area contributed by atoms with Crippen molar-refractivity contribution in [2.45, 2.75) is 38.2 Å². The third kappa shape index (κ3) is 4.69. The Morgan fingerprint density at radius 2 is 1.90 bits per heavy atom. The number of hydrogen-bond donors (Lipinski definition) is 1. The molecule has 110 valence electrons. The third-order valence-electron chi connectivity index (χ3n) is 3.98. The van der Waals surface area contributed by atoms with E-state index in [4.69, 9.17) is 0 Å². The summed E-state index contributed by atoms with van der Waals surface area (Å²) in [5, 5.41) is 9.89. The van der Waals surface area contributed by atoms with Crippen LogP contribution in [0.2, 0.25) is 0 Å². The number of rotatable bonds is 5. The highest BCUT2D eigenvalue weighted by atomic mass is 79.9. The van der Waals surface area contributed by atoms with Crippen LogP contribution in [0.3, 0.4) is 0 Å². The van der Waals surface area contributed by atoms with Crippen molar-refractivity contribution < 1.29 is 9.90 Å². The first-order chi connectivity index (χ1) is 9.46. The van der Waals surface area contributed by atoms with Crippen molar-refractivity contribution in [2.75, 3.05) is 19.6 Å². The molecule has 1 N–H and O–H groups in total. The molecule has 0 spiro atoms. The molecule has 1 heterocycles. The molecule has 0 aliphatic carbocycles. The molecule has 1 aliphatic heterocycles. The van der Waals surface area contributed by atoms with E-state index < -0.39 is 5.60 Å². The SMILES string of the molecule is CC1(O)CCN(CCCC(=O)c2ccc(Br)cc2)CC1. The molecular weight excluding hydrogens is 318 g/mol. The van der Waals surface area contributed by atoms with Gasteiger partial charge in [0.05, 0.1) is 5.60 Å². The van der Waals surface area contributed by atoms with E-state index in [0.29, 0.717) is 6.42 Å². The summed E-state index contributed by atoms with van der Waals surface area (Å²) >= 11 is 3.37. The first kappa shape index (κ1) is 15.7. The van der Waals surface area contributed by atoms with Gasteiger partial charge in [0.1, 0.15) is 0 Å². The lowest BCUT2D eigenvalue weighted by atomic mass is 9.93. The Kier molecular flexibility index (Phi) is 5.35. The van der Waals surface area contributed by atoms with Crippen molar-refractivity contribution in [3.63, 3.8) is 0 Å². The third-order valence-corrected chi connectivity index (χ3v) is 4.51. The van der Waals surface area contributed by atoms with Gasteiger partial charge in [-0.1, -0.05) is 28.1 Å². The highest BCUT2D eigenvalue weighted by Gasteiger charge is 2.26. The molecule has 20 heavy (non-hydrogen) atoms. The number of aliphatic hydroxyl groups is 1. The van der Waals surface area contributed by atoms with E-state index in [1.165, 1.54) is 0 Å². The maximum Gasteiger partial charge on any atom is 0.162 e. The predicted octanol–water partition coefficient (Wildman–Crippen LogP) is 3.26. The molecule has 0 radical (unpaired) electrons. The summed E-state index contributed by atoms with van der Waals surface area (Å²) in [6.45, 7) is 4.71. The second kappa shape index (κ2) is 6.83. The molecule has 2 rings (SSSR count). The molecule has 0 saturated carbocycles. The largest absolute Gasteiger partial charge is 0.390 e. The van der Waals surface area contributed by atoms with Crippen LogP contribution in [0, 0.1) is 0 Å². The second-order valence-electron chi connectivity index (χ2n) is 5.87. The number of Topliss-reactive ketones (excluding diaryl/α,β-unsaturated/α-hetero) is 1. The predicted molar refractivity (Wildman–Crippen MR) is 84.0 cm³/mol. The molecule has 1 fully saturated rings. The average Bonchev–Trinajstić information content (AvgIpc) is 2.41.